The van der Waals surface area contributed by atoms with Crippen LogP contribution in [0.3, 0.4) is 0 Å². The molecule has 0 spiro atoms. The van der Waals surface area contributed by atoms with E-state index in [0.29, 0.717) is 5.69 Å². The monoisotopic (exact) mass is 327 g/mol. The van der Waals surface area contributed by atoms with E-state index in [0.717, 1.165) is 5.56 Å². The van der Waals surface area contributed by atoms with Crippen LogP contribution < -0.4 is 0 Å². The molecule has 1 aromatic carbocycles. The summed E-state index contributed by atoms with van der Waals surface area (Å²) in [7, 11) is 0. The summed E-state index contributed by atoms with van der Waals surface area (Å²) in [6.45, 7) is 1.78. The predicted molar refractivity (Wildman–Crippen MR) is 81.3 cm³/mol. The summed E-state index contributed by atoms with van der Waals surface area (Å²) >= 11 is 0. The lowest BCUT2D eigenvalue weighted by atomic mass is 10.1. The highest BCUT2D eigenvalue weighted by atomic mass is 16.5. The number of carbonyl (C=O) groups excluding carboxylic acids is 1. The third-order valence-corrected chi connectivity index (χ3v) is 3.26. The molecule has 0 fully saturated rings. The summed E-state index contributed by atoms with van der Waals surface area (Å²) in [6, 6.07) is 9.16. The number of rotatable bonds is 5. The number of aliphatic carboxylic acids is 1. The molecule has 9 nitrogen and oxygen atoms in total. The Hall–Kier alpha value is -3.36. The minimum absolute atomic E-state index is 0.0700. The van der Waals surface area contributed by atoms with Crippen molar-refractivity contribution in [3.63, 3.8) is 0 Å². The van der Waals surface area contributed by atoms with Gasteiger partial charge in [0.05, 0.1) is 18.7 Å². The second-order valence-corrected chi connectivity index (χ2v) is 4.83. The second-order valence-electron chi connectivity index (χ2n) is 4.83. The first-order valence-corrected chi connectivity index (χ1v) is 7.17. The Bertz CT molecular complexity index is 907. The first-order chi connectivity index (χ1) is 11.6. The van der Waals surface area contributed by atoms with Crippen LogP contribution in [-0.4, -0.2) is 48.7 Å². The molecule has 0 unspecified atom stereocenters. The number of carboxylic acid groups (broad SMARTS) is 1. The molecular formula is C15H13N5O4. The van der Waals surface area contributed by atoms with Crippen molar-refractivity contribution < 1.29 is 19.4 Å². The smallest absolute Gasteiger partial charge is 0.360 e. The standard InChI is InChI=1S/C15H13N5O4/c1-2-24-15(23)13-10(8-11(21)22)20-14(18-16-13)12(17-19-20)9-6-4-3-5-7-9/h3-7H,2,8H2,1H3,(H,21,22). The topological polar surface area (TPSA) is 120 Å². The summed E-state index contributed by atoms with van der Waals surface area (Å²) in [5, 5.41) is 24.9. The van der Waals surface area contributed by atoms with E-state index in [1.165, 1.54) is 4.52 Å². The number of benzene rings is 1. The van der Waals surface area contributed by atoms with Crippen LogP contribution in [0.25, 0.3) is 16.9 Å². The molecule has 3 rings (SSSR count). The number of aromatic nitrogens is 5. The minimum Gasteiger partial charge on any atom is -0.481 e. The number of carbonyl (C=O) groups is 2. The van der Waals surface area contributed by atoms with Crippen molar-refractivity contribution in [3.05, 3.63) is 41.7 Å². The fraction of sp³-hybridized carbons (Fsp3) is 0.200. The lowest BCUT2D eigenvalue weighted by molar-refractivity contribution is -0.136. The van der Waals surface area contributed by atoms with Crippen LogP contribution in [0.15, 0.2) is 30.3 Å². The molecule has 24 heavy (non-hydrogen) atoms. The van der Waals surface area contributed by atoms with E-state index < -0.39 is 18.4 Å². The molecule has 0 bridgehead atoms. The van der Waals surface area contributed by atoms with E-state index >= 15 is 0 Å². The van der Waals surface area contributed by atoms with Gasteiger partial charge < -0.3 is 9.84 Å². The maximum absolute atomic E-state index is 12.0. The van der Waals surface area contributed by atoms with E-state index in [4.69, 9.17) is 9.84 Å². The van der Waals surface area contributed by atoms with Crippen molar-refractivity contribution in [2.24, 2.45) is 0 Å². The average molecular weight is 327 g/mol. The number of fused-ring (bicyclic) bond motifs is 1. The molecule has 3 aromatic rings. The Kier molecular flexibility index (Phi) is 4.15. The van der Waals surface area contributed by atoms with Gasteiger partial charge in [0.1, 0.15) is 5.69 Å². The molecule has 0 aliphatic rings. The Morgan fingerprint density at radius 3 is 2.58 bits per heavy atom. The Morgan fingerprint density at radius 1 is 1.17 bits per heavy atom. The van der Waals surface area contributed by atoms with E-state index in [-0.39, 0.29) is 23.6 Å². The molecule has 0 amide bonds. The van der Waals surface area contributed by atoms with Gasteiger partial charge in [-0.05, 0) is 6.92 Å². The van der Waals surface area contributed by atoms with Crippen LogP contribution >= 0.6 is 0 Å². The number of carboxylic acids is 1. The first-order valence-electron chi connectivity index (χ1n) is 7.17. The molecular weight excluding hydrogens is 314 g/mol. The van der Waals surface area contributed by atoms with Gasteiger partial charge in [-0.15, -0.1) is 15.3 Å². The zero-order chi connectivity index (χ0) is 17.1. The average Bonchev–Trinajstić information content (AvgIpc) is 3.00. The van der Waals surface area contributed by atoms with Gasteiger partial charge in [0, 0.05) is 5.56 Å². The fourth-order valence-electron chi connectivity index (χ4n) is 2.25. The van der Waals surface area contributed by atoms with Gasteiger partial charge in [-0.25, -0.2) is 4.79 Å². The van der Waals surface area contributed by atoms with E-state index in [1.807, 2.05) is 30.3 Å². The maximum atomic E-state index is 12.0. The fourth-order valence-corrected chi connectivity index (χ4v) is 2.25. The summed E-state index contributed by atoms with van der Waals surface area (Å²) < 4.78 is 6.11. The van der Waals surface area contributed by atoms with Crippen LogP contribution in [0.2, 0.25) is 0 Å². The Labute approximate surface area is 135 Å². The SMILES string of the molecule is CCOC(=O)c1nnc2c(-c3ccccc3)nnn2c1CC(=O)O. The van der Waals surface area contributed by atoms with Gasteiger partial charge in [-0.1, -0.05) is 35.5 Å². The molecule has 0 radical (unpaired) electrons. The second kappa shape index (κ2) is 6.41. The Morgan fingerprint density at radius 2 is 1.92 bits per heavy atom. The third-order valence-electron chi connectivity index (χ3n) is 3.26. The van der Waals surface area contributed by atoms with Crippen molar-refractivity contribution in [1.29, 1.82) is 0 Å². The van der Waals surface area contributed by atoms with Gasteiger partial charge in [-0.2, -0.15) is 4.52 Å². The molecule has 2 heterocycles. The normalized spacial score (nSPS) is 10.7. The van der Waals surface area contributed by atoms with Gasteiger partial charge in [0.15, 0.2) is 5.69 Å². The summed E-state index contributed by atoms with van der Waals surface area (Å²) in [5.74, 6) is -1.88. The van der Waals surface area contributed by atoms with Crippen LogP contribution in [0.4, 0.5) is 0 Å². The van der Waals surface area contributed by atoms with Gasteiger partial charge in [-0.3, -0.25) is 4.79 Å². The highest BCUT2D eigenvalue weighted by molar-refractivity contribution is 5.90. The highest BCUT2D eigenvalue weighted by Crippen LogP contribution is 2.21. The van der Waals surface area contributed by atoms with E-state index in [9.17, 15) is 9.59 Å². The van der Waals surface area contributed by atoms with Crippen molar-refractivity contribution in [2.45, 2.75) is 13.3 Å². The quantitative estimate of drug-likeness (QED) is 0.689. The molecule has 122 valence electrons. The summed E-state index contributed by atoms with van der Waals surface area (Å²) in [5.41, 5.74) is 1.36. The van der Waals surface area contributed by atoms with E-state index in [2.05, 4.69) is 20.5 Å². The summed E-state index contributed by atoms with van der Waals surface area (Å²) in [4.78, 5) is 23.1. The zero-order valence-electron chi connectivity index (χ0n) is 12.7. The zero-order valence-corrected chi connectivity index (χ0v) is 12.7. The van der Waals surface area contributed by atoms with Crippen LogP contribution in [0, 0.1) is 0 Å². The predicted octanol–water partition coefficient (Wildman–Crippen LogP) is 0.990. The Balaban J connectivity index is 2.19. The van der Waals surface area contributed by atoms with Crippen molar-refractivity contribution in [2.75, 3.05) is 6.61 Å². The van der Waals surface area contributed by atoms with Crippen molar-refractivity contribution in [3.8, 4) is 11.3 Å². The third kappa shape index (κ3) is 2.78. The summed E-state index contributed by atoms with van der Waals surface area (Å²) in [6.07, 6.45) is -0.461. The molecule has 1 N–H and O–H groups in total. The first kappa shape index (κ1) is 15.5. The molecule has 0 saturated carbocycles. The van der Waals surface area contributed by atoms with Crippen LogP contribution in [-0.2, 0) is 16.0 Å². The van der Waals surface area contributed by atoms with Crippen LogP contribution in [0.5, 0.6) is 0 Å². The van der Waals surface area contributed by atoms with Crippen molar-refractivity contribution in [1.82, 2.24) is 25.0 Å². The largest absolute Gasteiger partial charge is 0.481 e. The van der Waals surface area contributed by atoms with Crippen LogP contribution in [0.1, 0.15) is 23.1 Å². The van der Waals surface area contributed by atoms with Gasteiger partial charge in [0.25, 0.3) is 0 Å². The molecule has 0 aliphatic carbocycles. The number of hydrogen-bond donors (Lipinski definition) is 1. The van der Waals surface area contributed by atoms with Crippen molar-refractivity contribution >= 4 is 17.6 Å². The lowest BCUT2D eigenvalue weighted by Crippen LogP contribution is -2.18. The number of nitrogens with zero attached hydrogens (tertiary/aromatic N) is 5. The lowest BCUT2D eigenvalue weighted by Gasteiger charge is -2.07. The van der Waals surface area contributed by atoms with Gasteiger partial charge >= 0.3 is 11.9 Å². The highest BCUT2D eigenvalue weighted by Gasteiger charge is 2.24. The molecule has 0 saturated heterocycles. The molecule has 0 atom stereocenters. The minimum atomic E-state index is -1.13. The molecule has 0 aliphatic heterocycles. The number of esters is 1. The van der Waals surface area contributed by atoms with Gasteiger partial charge in [0.2, 0.25) is 5.65 Å². The molecule has 2 aromatic heterocycles. The number of hydrogen-bond acceptors (Lipinski definition) is 7. The maximum Gasteiger partial charge on any atom is 0.360 e. The van der Waals surface area contributed by atoms with E-state index in [1.54, 1.807) is 6.92 Å². The number of ether oxygens (including phenoxy) is 1. The molecule has 9 heteroatoms.